The number of aliphatic hydroxyl groups excluding tert-OH is 1. The van der Waals surface area contributed by atoms with Crippen LogP contribution in [0.2, 0.25) is 0 Å². The predicted molar refractivity (Wildman–Crippen MR) is 110 cm³/mol. The van der Waals surface area contributed by atoms with Crippen molar-refractivity contribution in [2.75, 3.05) is 6.54 Å². The Balaban J connectivity index is 1.87. The molecule has 152 valence electrons. The topological polar surface area (TPSA) is 57.6 Å². The number of unbranched alkanes of at least 4 members (excludes halogenated alkanes) is 2. The van der Waals surface area contributed by atoms with Gasteiger partial charge in [-0.2, -0.15) is 0 Å². The van der Waals surface area contributed by atoms with Crippen LogP contribution in [-0.2, 0) is 16.0 Å². The summed E-state index contributed by atoms with van der Waals surface area (Å²) in [5.74, 6) is -1.65. The van der Waals surface area contributed by atoms with Gasteiger partial charge in [-0.1, -0.05) is 62.2 Å². The molecule has 3 rings (SSSR count). The number of aliphatic hydroxyl groups is 1. The van der Waals surface area contributed by atoms with Gasteiger partial charge >= 0.3 is 0 Å². The molecule has 0 aromatic heterocycles. The largest absolute Gasteiger partial charge is 0.503 e. The second-order valence-corrected chi connectivity index (χ2v) is 7.33. The molecule has 2 aromatic carbocycles. The summed E-state index contributed by atoms with van der Waals surface area (Å²) in [7, 11) is 0. The Morgan fingerprint density at radius 3 is 2.41 bits per heavy atom. The molecule has 0 saturated heterocycles. The molecule has 1 heterocycles. The zero-order chi connectivity index (χ0) is 20.8. The van der Waals surface area contributed by atoms with E-state index in [4.69, 9.17) is 0 Å². The third-order valence-electron chi connectivity index (χ3n) is 5.28. The van der Waals surface area contributed by atoms with Crippen molar-refractivity contribution in [3.8, 4) is 0 Å². The van der Waals surface area contributed by atoms with E-state index in [0.29, 0.717) is 18.5 Å². The quantitative estimate of drug-likeness (QED) is 0.614. The van der Waals surface area contributed by atoms with Crippen molar-refractivity contribution in [2.24, 2.45) is 0 Å². The van der Waals surface area contributed by atoms with Crippen molar-refractivity contribution >= 4 is 11.7 Å². The third-order valence-corrected chi connectivity index (χ3v) is 5.28. The number of nitrogens with zero attached hydrogens (tertiary/aromatic N) is 1. The fourth-order valence-corrected chi connectivity index (χ4v) is 3.73. The van der Waals surface area contributed by atoms with Gasteiger partial charge in [-0.05, 0) is 36.1 Å². The van der Waals surface area contributed by atoms with Crippen molar-refractivity contribution in [1.82, 2.24) is 4.90 Å². The number of benzene rings is 2. The highest BCUT2D eigenvalue weighted by Crippen LogP contribution is 2.38. The first-order chi connectivity index (χ1) is 14.0. The molecule has 1 aliphatic heterocycles. The highest BCUT2D eigenvalue weighted by Gasteiger charge is 2.42. The zero-order valence-corrected chi connectivity index (χ0v) is 16.6. The molecule has 1 amide bonds. The molecule has 0 fully saturated rings. The number of carbonyl (C=O) groups excluding carboxylic acids is 2. The van der Waals surface area contributed by atoms with E-state index in [1.54, 1.807) is 12.1 Å². The summed E-state index contributed by atoms with van der Waals surface area (Å²) in [4.78, 5) is 27.3. The Kier molecular flexibility index (Phi) is 6.81. The van der Waals surface area contributed by atoms with Crippen LogP contribution in [0.15, 0.2) is 65.9 Å². The summed E-state index contributed by atoms with van der Waals surface area (Å²) in [6.45, 7) is 2.51. The van der Waals surface area contributed by atoms with E-state index in [1.165, 1.54) is 17.0 Å². The molecule has 1 atom stereocenters. The van der Waals surface area contributed by atoms with E-state index in [-0.39, 0.29) is 23.6 Å². The highest BCUT2D eigenvalue weighted by atomic mass is 19.1. The highest BCUT2D eigenvalue weighted by molar-refractivity contribution is 6.09. The number of amides is 1. The molecule has 1 N–H and O–H groups in total. The molecule has 2 aromatic rings. The molecule has 0 aliphatic carbocycles. The molecule has 1 aliphatic rings. The molecule has 0 spiro atoms. The van der Waals surface area contributed by atoms with Crippen LogP contribution in [0, 0.1) is 5.82 Å². The first-order valence-electron chi connectivity index (χ1n) is 10.1. The fourth-order valence-electron chi connectivity index (χ4n) is 3.73. The van der Waals surface area contributed by atoms with Crippen LogP contribution >= 0.6 is 0 Å². The lowest BCUT2D eigenvalue weighted by Crippen LogP contribution is -2.32. The number of hydrogen-bond donors (Lipinski definition) is 1. The number of rotatable bonds is 9. The van der Waals surface area contributed by atoms with E-state index in [1.807, 2.05) is 30.3 Å². The van der Waals surface area contributed by atoms with Crippen LogP contribution in [0.3, 0.4) is 0 Å². The monoisotopic (exact) mass is 395 g/mol. The minimum absolute atomic E-state index is 0.119. The molecular weight excluding hydrogens is 369 g/mol. The summed E-state index contributed by atoms with van der Waals surface area (Å²) < 4.78 is 13.4. The SMILES string of the molecule is CCCCCN1C(=O)C(O)=C(C(=O)CCc2ccccc2)C1c1ccc(F)cc1. The van der Waals surface area contributed by atoms with Gasteiger partial charge in [0, 0.05) is 13.0 Å². The van der Waals surface area contributed by atoms with Gasteiger partial charge in [-0.25, -0.2) is 4.39 Å². The number of hydrogen-bond acceptors (Lipinski definition) is 3. The van der Waals surface area contributed by atoms with E-state index in [9.17, 15) is 19.1 Å². The van der Waals surface area contributed by atoms with Crippen LogP contribution in [-0.4, -0.2) is 28.2 Å². The first kappa shape index (κ1) is 20.8. The van der Waals surface area contributed by atoms with E-state index >= 15 is 0 Å². The van der Waals surface area contributed by atoms with Crippen molar-refractivity contribution in [3.05, 3.63) is 82.9 Å². The summed E-state index contributed by atoms with van der Waals surface area (Å²) in [6, 6.07) is 14.7. The Morgan fingerprint density at radius 2 is 1.76 bits per heavy atom. The number of aryl methyl sites for hydroxylation is 1. The Hall–Kier alpha value is -2.95. The molecule has 29 heavy (non-hydrogen) atoms. The minimum atomic E-state index is -0.678. The zero-order valence-electron chi connectivity index (χ0n) is 16.6. The third kappa shape index (κ3) is 4.73. The smallest absolute Gasteiger partial charge is 0.290 e. The van der Waals surface area contributed by atoms with Gasteiger partial charge in [0.05, 0.1) is 11.6 Å². The number of halogens is 1. The van der Waals surface area contributed by atoms with Crippen LogP contribution in [0.5, 0.6) is 0 Å². The van der Waals surface area contributed by atoms with Crippen LogP contribution in [0.4, 0.5) is 4.39 Å². The maximum atomic E-state index is 13.4. The van der Waals surface area contributed by atoms with E-state index in [2.05, 4.69) is 6.92 Å². The summed E-state index contributed by atoms with van der Waals surface area (Å²) in [5.41, 5.74) is 1.76. The number of carbonyl (C=O) groups is 2. The number of ketones is 1. The molecule has 0 saturated carbocycles. The van der Waals surface area contributed by atoms with Crippen molar-refractivity contribution in [2.45, 2.75) is 45.1 Å². The Morgan fingerprint density at radius 1 is 1.07 bits per heavy atom. The second kappa shape index (κ2) is 9.50. The summed E-state index contributed by atoms with van der Waals surface area (Å²) in [6.07, 6.45) is 3.43. The van der Waals surface area contributed by atoms with Gasteiger partial charge in [0.15, 0.2) is 11.5 Å². The standard InChI is InChI=1S/C24H26FNO3/c1-2-3-7-16-26-22(18-11-13-19(25)14-12-18)21(23(28)24(26)29)20(27)15-10-17-8-5-4-6-9-17/h4-6,8-9,11-14,22,28H,2-3,7,10,15-16H2,1H3. The maximum Gasteiger partial charge on any atom is 0.290 e. The van der Waals surface area contributed by atoms with Gasteiger partial charge < -0.3 is 10.0 Å². The van der Waals surface area contributed by atoms with E-state index < -0.39 is 17.7 Å². The molecule has 5 heteroatoms. The predicted octanol–water partition coefficient (Wildman–Crippen LogP) is 4.91. The normalized spacial score (nSPS) is 16.6. The Labute approximate surface area is 170 Å². The molecule has 1 unspecified atom stereocenters. The van der Waals surface area contributed by atoms with Crippen molar-refractivity contribution in [1.29, 1.82) is 0 Å². The van der Waals surface area contributed by atoms with E-state index in [0.717, 1.165) is 24.8 Å². The number of Topliss-reactive ketones (excluding diaryl/α,β-unsaturated/α-hetero) is 1. The lowest BCUT2D eigenvalue weighted by Gasteiger charge is -2.27. The average molecular weight is 395 g/mol. The molecular formula is C24H26FNO3. The van der Waals surface area contributed by atoms with Crippen LogP contribution in [0.25, 0.3) is 0 Å². The Bertz CT molecular complexity index is 890. The van der Waals surface area contributed by atoms with Crippen LogP contribution in [0.1, 0.15) is 49.8 Å². The fraction of sp³-hybridized carbons (Fsp3) is 0.333. The van der Waals surface area contributed by atoms with Crippen molar-refractivity contribution < 1.29 is 19.1 Å². The minimum Gasteiger partial charge on any atom is -0.503 e. The van der Waals surface area contributed by atoms with Crippen molar-refractivity contribution in [3.63, 3.8) is 0 Å². The van der Waals surface area contributed by atoms with Gasteiger partial charge in [0.25, 0.3) is 5.91 Å². The molecule has 4 nitrogen and oxygen atoms in total. The summed E-state index contributed by atoms with van der Waals surface area (Å²) in [5, 5.41) is 10.5. The van der Waals surface area contributed by atoms with Gasteiger partial charge in [-0.15, -0.1) is 0 Å². The lowest BCUT2D eigenvalue weighted by atomic mass is 9.93. The second-order valence-electron chi connectivity index (χ2n) is 7.33. The maximum absolute atomic E-state index is 13.4. The first-order valence-corrected chi connectivity index (χ1v) is 10.1. The van der Waals surface area contributed by atoms with Gasteiger partial charge in [-0.3, -0.25) is 9.59 Å². The van der Waals surface area contributed by atoms with Crippen LogP contribution < -0.4 is 0 Å². The summed E-state index contributed by atoms with van der Waals surface area (Å²) >= 11 is 0. The average Bonchev–Trinajstić information content (AvgIpc) is 2.98. The van der Waals surface area contributed by atoms with Gasteiger partial charge in [0.1, 0.15) is 5.82 Å². The molecule has 0 bridgehead atoms. The molecule has 0 radical (unpaired) electrons. The lowest BCUT2D eigenvalue weighted by molar-refractivity contribution is -0.129. The van der Waals surface area contributed by atoms with Gasteiger partial charge in [0.2, 0.25) is 0 Å².